The molecule has 0 bridgehead atoms. The number of para-hydroxylation sites is 1. The lowest BCUT2D eigenvalue weighted by atomic mass is 9.98. The van der Waals surface area contributed by atoms with Gasteiger partial charge in [-0.25, -0.2) is 0 Å². The van der Waals surface area contributed by atoms with Crippen molar-refractivity contribution >= 4 is 64.1 Å². The molecule has 3 aromatic heterocycles. The zero-order valence-corrected chi connectivity index (χ0v) is 20.2. The molecule has 0 N–H and O–H groups in total. The lowest BCUT2D eigenvalue weighted by Gasteiger charge is -2.14. The second kappa shape index (κ2) is 7.51. The minimum Gasteiger partial charge on any atom is -0.308 e. The Bertz CT molecular complexity index is 2100. The maximum absolute atomic E-state index is 4.45. The predicted octanol–water partition coefficient (Wildman–Crippen LogP) is 9.37. The van der Waals surface area contributed by atoms with E-state index in [9.17, 15) is 0 Å². The van der Waals surface area contributed by atoms with Gasteiger partial charge in [0.25, 0.3) is 0 Å². The molecule has 0 aliphatic carbocycles. The van der Waals surface area contributed by atoms with Gasteiger partial charge in [-0.05, 0) is 46.8 Å². The van der Waals surface area contributed by atoms with Crippen molar-refractivity contribution in [3.63, 3.8) is 0 Å². The topological polar surface area (TPSA) is 17.8 Å². The Morgan fingerprint density at radius 2 is 1.39 bits per heavy atom. The van der Waals surface area contributed by atoms with Crippen molar-refractivity contribution in [2.45, 2.75) is 0 Å². The molecule has 8 aromatic rings. The molecule has 0 radical (unpaired) electrons. The van der Waals surface area contributed by atoms with E-state index in [1.807, 2.05) is 23.7 Å². The molecule has 3 heteroatoms. The number of aromatic nitrogens is 2. The quantitative estimate of drug-likeness (QED) is 0.243. The maximum atomic E-state index is 4.45. The van der Waals surface area contributed by atoms with Gasteiger partial charge in [0.05, 0.1) is 15.7 Å². The van der Waals surface area contributed by atoms with Gasteiger partial charge in [-0.15, -0.1) is 11.3 Å². The minimum absolute atomic E-state index is 1.17. The summed E-state index contributed by atoms with van der Waals surface area (Å²) in [5, 5.41) is 7.57. The normalized spacial score (nSPS) is 11.9. The number of rotatable bonds is 2. The molecule has 0 saturated carbocycles. The Kier molecular flexibility index (Phi) is 4.13. The molecule has 0 atom stereocenters. The fourth-order valence-electron chi connectivity index (χ4n) is 5.67. The molecule has 0 aliphatic heterocycles. The number of benzene rings is 5. The van der Waals surface area contributed by atoms with Crippen molar-refractivity contribution in [2.24, 2.45) is 0 Å². The highest BCUT2D eigenvalue weighted by Gasteiger charge is 2.18. The first kappa shape index (κ1) is 19.8. The third-order valence-electron chi connectivity index (χ3n) is 7.26. The summed E-state index contributed by atoms with van der Waals surface area (Å²) in [7, 11) is 0. The van der Waals surface area contributed by atoms with Crippen molar-refractivity contribution in [3.05, 3.63) is 122 Å². The van der Waals surface area contributed by atoms with E-state index in [0.717, 1.165) is 0 Å². The van der Waals surface area contributed by atoms with Crippen LogP contribution >= 0.6 is 11.3 Å². The lowest BCUT2D eigenvalue weighted by molar-refractivity contribution is 1.19. The number of thiophene rings is 1. The van der Waals surface area contributed by atoms with Gasteiger partial charge in [-0.3, -0.25) is 4.98 Å². The van der Waals surface area contributed by atoms with Crippen LogP contribution in [0.1, 0.15) is 0 Å². The monoisotopic (exact) mass is 476 g/mol. The Hall–Kier alpha value is -4.47. The second-order valence-electron chi connectivity index (χ2n) is 9.25. The third-order valence-corrected chi connectivity index (χ3v) is 8.46. The van der Waals surface area contributed by atoms with Crippen LogP contribution in [-0.2, 0) is 0 Å². The SMILES string of the molecule is c1ccc(-c2cc(-n3c4ccccc4c4ccc5c6ccccc6sc5c43)cc3ccncc23)cc1. The standard InChI is InChI=1S/C33H20N2S/c1-2-8-21(9-3-1)28-19-23(18-22-16-17-34-20-29(22)28)35-30-12-6-4-10-24(30)26-14-15-27-25-11-5-7-13-31(25)36-33(27)32(26)35/h1-20H. The van der Waals surface area contributed by atoms with Gasteiger partial charge in [-0.1, -0.05) is 78.9 Å². The smallest absolute Gasteiger partial charge is 0.0719 e. The van der Waals surface area contributed by atoms with E-state index in [0.29, 0.717) is 0 Å². The van der Waals surface area contributed by atoms with Gasteiger partial charge in [-0.2, -0.15) is 0 Å². The number of fused-ring (bicyclic) bond motifs is 8. The summed E-state index contributed by atoms with van der Waals surface area (Å²) in [6.07, 6.45) is 3.87. The summed E-state index contributed by atoms with van der Waals surface area (Å²) in [6.45, 7) is 0. The van der Waals surface area contributed by atoms with E-state index in [1.165, 1.54) is 69.6 Å². The van der Waals surface area contributed by atoms with Gasteiger partial charge in [0.1, 0.15) is 0 Å². The number of pyridine rings is 1. The first-order chi connectivity index (χ1) is 17.9. The fourth-order valence-corrected chi connectivity index (χ4v) is 6.91. The van der Waals surface area contributed by atoms with E-state index in [1.54, 1.807) is 0 Å². The highest BCUT2D eigenvalue weighted by atomic mass is 32.1. The Balaban J connectivity index is 1.57. The molecule has 0 spiro atoms. The van der Waals surface area contributed by atoms with Crippen molar-refractivity contribution in [3.8, 4) is 16.8 Å². The first-order valence-electron chi connectivity index (χ1n) is 12.1. The van der Waals surface area contributed by atoms with Crippen LogP contribution in [0.3, 0.4) is 0 Å². The van der Waals surface area contributed by atoms with Crippen LogP contribution in [0.15, 0.2) is 122 Å². The summed E-state index contributed by atoms with van der Waals surface area (Å²) in [5.74, 6) is 0. The zero-order valence-electron chi connectivity index (χ0n) is 19.3. The molecule has 0 amide bonds. The second-order valence-corrected chi connectivity index (χ2v) is 10.3. The average Bonchev–Trinajstić information content (AvgIpc) is 3.49. The summed E-state index contributed by atoms with van der Waals surface area (Å²) in [4.78, 5) is 4.45. The molecule has 5 aromatic carbocycles. The van der Waals surface area contributed by atoms with Gasteiger partial charge in [0.15, 0.2) is 0 Å². The number of nitrogens with zero attached hydrogens (tertiary/aromatic N) is 2. The van der Waals surface area contributed by atoms with Crippen LogP contribution in [0.5, 0.6) is 0 Å². The minimum atomic E-state index is 1.17. The van der Waals surface area contributed by atoms with Crippen LogP contribution in [0.2, 0.25) is 0 Å². The van der Waals surface area contributed by atoms with Crippen molar-refractivity contribution in [1.82, 2.24) is 9.55 Å². The molecule has 2 nitrogen and oxygen atoms in total. The van der Waals surface area contributed by atoms with Gasteiger partial charge in [0, 0.05) is 49.7 Å². The molecular weight excluding hydrogens is 456 g/mol. The molecule has 0 saturated heterocycles. The van der Waals surface area contributed by atoms with E-state index in [4.69, 9.17) is 0 Å². The molecule has 0 fully saturated rings. The Labute approximate surface area is 211 Å². The van der Waals surface area contributed by atoms with Crippen LogP contribution in [-0.4, -0.2) is 9.55 Å². The summed E-state index contributed by atoms with van der Waals surface area (Å²) in [6, 6.07) is 39.5. The third kappa shape index (κ3) is 2.75. The van der Waals surface area contributed by atoms with Gasteiger partial charge < -0.3 is 4.57 Å². The molecular formula is C33H20N2S. The van der Waals surface area contributed by atoms with E-state index >= 15 is 0 Å². The summed E-state index contributed by atoms with van der Waals surface area (Å²) < 4.78 is 5.13. The predicted molar refractivity (Wildman–Crippen MR) is 154 cm³/mol. The average molecular weight is 477 g/mol. The molecule has 36 heavy (non-hydrogen) atoms. The van der Waals surface area contributed by atoms with E-state index in [-0.39, 0.29) is 0 Å². The molecule has 0 aliphatic rings. The molecule has 8 rings (SSSR count). The highest BCUT2D eigenvalue weighted by Crippen LogP contribution is 2.43. The highest BCUT2D eigenvalue weighted by molar-refractivity contribution is 7.26. The molecule has 168 valence electrons. The molecule has 0 unspecified atom stereocenters. The molecule has 3 heterocycles. The summed E-state index contributed by atoms with van der Waals surface area (Å²) in [5.41, 5.74) is 6.08. The van der Waals surface area contributed by atoms with Crippen molar-refractivity contribution in [1.29, 1.82) is 0 Å². The fraction of sp³-hybridized carbons (Fsp3) is 0. The van der Waals surface area contributed by atoms with Gasteiger partial charge in [0.2, 0.25) is 0 Å². The Morgan fingerprint density at radius 1 is 0.611 bits per heavy atom. The Morgan fingerprint density at radius 3 is 2.31 bits per heavy atom. The first-order valence-corrected chi connectivity index (χ1v) is 13.0. The zero-order chi connectivity index (χ0) is 23.6. The van der Waals surface area contributed by atoms with Crippen LogP contribution in [0.25, 0.3) is 69.6 Å². The van der Waals surface area contributed by atoms with E-state index in [2.05, 4.69) is 119 Å². The largest absolute Gasteiger partial charge is 0.308 e. The van der Waals surface area contributed by atoms with Crippen molar-refractivity contribution < 1.29 is 0 Å². The van der Waals surface area contributed by atoms with Gasteiger partial charge >= 0.3 is 0 Å². The van der Waals surface area contributed by atoms with E-state index < -0.39 is 0 Å². The lowest BCUT2D eigenvalue weighted by Crippen LogP contribution is -1.96. The maximum Gasteiger partial charge on any atom is 0.0719 e. The van der Waals surface area contributed by atoms with Crippen LogP contribution in [0.4, 0.5) is 0 Å². The van der Waals surface area contributed by atoms with Crippen LogP contribution in [0, 0.1) is 0 Å². The van der Waals surface area contributed by atoms with Crippen LogP contribution < -0.4 is 0 Å². The number of hydrogen-bond acceptors (Lipinski definition) is 2. The summed E-state index contributed by atoms with van der Waals surface area (Å²) >= 11 is 1.89. The number of hydrogen-bond donors (Lipinski definition) is 0. The van der Waals surface area contributed by atoms with Crippen molar-refractivity contribution in [2.75, 3.05) is 0 Å².